The first-order valence-corrected chi connectivity index (χ1v) is 19.6. The number of aromatic nitrogens is 1. The number of nitrogens with zero attached hydrogens (tertiary/aromatic N) is 1. The van der Waals surface area contributed by atoms with Crippen molar-refractivity contribution < 1.29 is 24.5 Å². The van der Waals surface area contributed by atoms with Gasteiger partial charge in [-0.3, -0.25) is 9.59 Å². The molecule has 2 fully saturated rings. The van der Waals surface area contributed by atoms with Crippen molar-refractivity contribution in [3.63, 3.8) is 0 Å². The third kappa shape index (κ3) is 4.42. The number of carbonyl (C=O) groups is 2. The van der Waals surface area contributed by atoms with Crippen LogP contribution >= 0.6 is 0 Å². The number of carbonyl (C=O) groups excluding carboxylic acids is 2. The SMILES string of the molecule is C=C(C)[C@H]1C(=O)c2c3c(cc4c5c(n1c24)[C@@]1(C)C(CC[C@H]2[C@](C)(/C=C/C(C)=C/C(=O)NCC)[C@@H](O)CC[C@@]21C)C5)C1=CC(C)(C)OC(C)(C)C1[C@@H]3O. The molecule has 2 saturated carbocycles. The molecular formula is C45H58N2O5. The highest BCUT2D eigenvalue weighted by molar-refractivity contribution is 6.18. The molecule has 7 heteroatoms. The molecule has 52 heavy (non-hydrogen) atoms. The molecule has 3 heterocycles. The number of benzene rings is 1. The third-order valence-corrected chi connectivity index (χ3v) is 15.0. The van der Waals surface area contributed by atoms with Crippen molar-refractivity contribution in [3.05, 3.63) is 76.0 Å². The molecule has 4 aliphatic carbocycles. The summed E-state index contributed by atoms with van der Waals surface area (Å²) in [6.07, 6.45) is 11.2. The maximum Gasteiger partial charge on any atom is 0.244 e. The number of aliphatic hydroxyl groups excluding tert-OH is 2. The maximum absolute atomic E-state index is 14.9. The van der Waals surface area contributed by atoms with E-state index >= 15 is 0 Å². The Morgan fingerprint density at radius 3 is 2.48 bits per heavy atom. The molecule has 1 amide bonds. The Morgan fingerprint density at radius 1 is 1.10 bits per heavy atom. The summed E-state index contributed by atoms with van der Waals surface area (Å²) in [6.45, 7) is 26.2. The highest BCUT2D eigenvalue weighted by atomic mass is 16.5. The summed E-state index contributed by atoms with van der Waals surface area (Å²) in [6, 6.07) is 1.78. The quantitative estimate of drug-likeness (QED) is 0.165. The van der Waals surface area contributed by atoms with E-state index in [1.54, 1.807) is 6.08 Å². The number of ether oxygens (including phenoxy) is 1. The minimum atomic E-state index is -0.851. The second-order valence-corrected chi connectivity index (χ2v) is 18.9. The van der Waals surface area contributed by atoms with Gasteiger partial charge in [0.1, 0.15) is 6.04 Å². The van der Waals surface area contributed by atoms with E-state index < -0.39 is 34.9 Å². The molecule has 0 bridgehead atoms. The number of likely N-dealkylation sites (N-methyl/N-ethyl adjacent to an activating group) is 1. The molecular weight excluding hydrogens is 649 g/mol. The number of nitrogens with one attached hydrogen (secondary N) is 1. The molecule has 0 spiro atoms. The summed E-state index contributed by atoms with van der Waals surface area (Å²) in [5.74, 6) is 0.236. The lowest BCUT2D eigenvalue weighted by Crippen LogP contribution is -2.62. The Balaban J connectivity index is 1.33. The van der Waals surface area contributed by atoms with Gasteiger partial charge in [0, 0.05) is 46.0 Å². The average Bonchev–Trinajstić information content (AvgIpc) is 3.71. The van der Waals surface area contributed by atoms with E-state index in [0.717, 1.165) is 64.4 Å². The third-order valence-electron chi connectivity index (χ3n) is 15.0. The molecule has 0 radical (unpaired) electrons. The Kier molecular flexibility index (Phi) is 7.66. The van der Waals surface area contributed by atoms with E-state index in [9.17, 15) is 19.8 Å². The molecule has 1 aromatic heterocycles. The fraction of sp³-hybridized carbons (Fsp3) is 0.600. The van der Waals surface area contributed by atoms with E-state index in [0.29, 0.717) is 24.4 Å². The molecule has 8 rings (SSSR count). The van der Waals surface area contributed by atoms with Crippen molar-refractivity contribution in [2.75, 3.05) is 6.54 Å². The van der Waals surface area contributed by atoms with Crippen LogP contribution in [0.25, 0.3) is 16.5 Å². The topological polar surface area (TPSA) is 101 Å². The molecule has 7 nitrogen and oxygen atoms in total. The number of aliphatic hydroxyl groups is 2. The molecule has 3 N–H and O–H groups in total. The van der Waals surface area contributed by atoms with Gasteiger partial charge in [-0.1, -0.05) is 45.1 Å². The Morgan fingerprint density at radius 2 is 1.81 bits per heavy atom. The van der Waals surface area contributed by atoms with E-state index in [4.69, 9.17) is 4.74 Å². The van der Waals surface area contributed by atoms with Gasteiger partial charge in [0.25, 0.3) is 0 Å². The number of Topliss-reactive ketones (excluding diaryl/α,β-unsaturated/α-hetero) is 1. The predicted molar refractivity (Wildman–Crippen MR) is 206 cm³/mol. The highest BCUT2D eigenvalue weighted by Gasteiger charge is 2.67. The van der Waals surface area contributed by atoms with Crippen molar-refractivity contribution in [2.24, 2.45) is 28.6 Å². The lowest BCUT2D eigenvalue weighted by atomic mass is 9.40. The lowest BCUT2D eigenvalue weighted by Gasteiger charge is -2.64. The summed E-state index contributed by atoms with van der Waals surface area (Å²) in [7, 11) is 0. The van der Waals surface area contributed by atoms with Crippen molar-refractivity contribution in [1.82, 2.24) is 9.88 Å². The van der Waals surface area contributed by atoms with E-state index in [2.05, 4.69) is 83.1 Å². The monoisotopic (exact) mass is 706 g/mol. The van der Waals surface area contributed by atoms with Crippen LogP contribution in [-0.4, -0.2) is 50.3 Å². The van der Waals surface area contributed by atoms with Gasteiger partial charge in [-0.05, 0) is 132 Å². The Bertz CT molecular complexity index is 2060. The summed E-state index contributed by atoms with van der Waals surface area (Å²) in [5.41, 5.74) is 6.69. The molecule has 0 saturated heterocycles. The van der Waals surface area contributed by atoms with Gasteiger partial charge in [-0.25, -0.2) is 0 Å². The Hall–Kier alpha value is -3.26. The van der Waals surface area contributed by atoms with Crippen molar-refractivity contribution in [2.45, 2.75) is 136 Å². The number of hydrogen-bond acceptors (Lipinski definition) is 5. The van der Waals surface area contributed by atoms with Crippen LogP contribution in [0.3, 0.4) is 0 Å². The lowest BCUT2D eigenvalue weighted by molar-refractivity contribution is -0.144. The zero-order valence-electron chi connectivity index (χ0n) is 32.9. The summed E-state index contributed by atoms with van der Waals surface area (Å²) >= 11 is 0. The number of hydrogen-bond donors (Lipinski definition) is 3. The number of fused-ring (bicyclic) bond motifs is 11. The first-order valence-electron chi connectivity index (χ1n) is 19.6. The maximum atomic E-state index is 14.9. The van der Waals surface area contributed by atoms with Gasteiger partial charge >= 0.3 is 0 Å². The summed E-state index contributed by atoms with van der Waals surface area (Å²) < 4.78 is 8.90. The number of ketones is 1. The van der Waals surface area contributed by atoms with Crippen LogP contribution in [0, 0.1) is 28.6 Å². The van der Waals surface area contributed by atoms with Crippen LogP contribution in [0.4, 0.5) is 0 Å². The average molecular weight is 707 g/mol. The van der Waals surface area contributed by atoms with Crippen LogP contribution in [0.2, 0.25) is 0 Å². The number of allylic oxidation sites excluding steroid dienone is 3. The van der Waals surface area contributed by atoms with Crippen LogP contribution in [0.15, 0.2) is 48.1 Å². The minimum Gasteiger partial charge on any atom is -0.392 e. The predicted octanol–water partition coefficient (Wildman–Crippen LogP) is 8.23. The smallest absolute Gasteiger partial charge is 0.244 e. The zero-order chi connectivity index (χ0) is 37.7. The molecule has 9 atom stereocenters. The summed E-state index contributed by atoms with van der Waals surface area (Å²) in [5, 5.41) is 28.0. The van der Waals surface area contributed by atoms with Gasteiger partial charge in [-0.2, -0.15) is 0 Å². The zero-order valence-corrected chi connectivity index (χ0v) is 32.9. The molecule has 6 aliphatic rings. The van der Waals surface area contributed by atoms with E-state index in [1.807, 2.05) is 26.8 Å². The van der Waals surface area contributed by atoms with Gasteiger partial charge in [0.15, 0.2) is 5.78 Å². The molecule has 1 aromatic carbocycles. The molecule has 278 valence electrons. The largest absolute Gasteiger partial charge is 0.392 e. The van der Waals surface area contributed by atoms with E-state index in [-0.39, 0.29) is 34.4 Å². The summed E-state index contributed by atoms with van der Waals surface area (Å²) in [4.78, 5) is 27.2. The number of amides is 1. The van der Waals surface area contributed by atoms with Crippen LogP contribution in [0.1, 0.15) is 140 Å². The second-order valence-electron chi connectivity index (χ2n) is 18.9. The molecule has 2 unspecified atom stereocenters. The Labute approximate surface area is 309 Å². The van der Waals surface area contributed by atoms with Gasteiger partial charge in [0.05, 0.1) is 34.5 Å². The van der Waals surface area contributed by atoms with Gasteiger partial charge in [0.2, 0.25) is 5.91 Å². The highest BCUT2D eigenvalue weighted by Crippen LogP contribution is 2.71. The van der Waals surface area contributed by atoms with Crippen molar-refractivity contribution >= 4 is 28.2 Å². The molecule has 2 aliphatic heterocycles. The van der Waals surface area contributed by atoms with Crippen LogP contribution < -0.4 is 5.32 Å². The first kappa shape index (κ1) is 35.8. The van der Waals surface area contributed by atoms with E-state index in [1.165, 1.54) is 11.3 Å². The fourth-order valence-corrected chi connectivity index (χ4v) is 12.9. The van der Waals surface area contributed by atoms with Crippen molar-refractivity contribution in [3.8, 4) is 0 Å². The van der Waals surface area contributed by atoms with Crippen LogP contribution in [0.5, 0.6) is 0 Å². The second kappa shape index (κ2) is 11.1. The first-order chi connectivity index (χ1) is 24.2. The van der Waals surface area contributed by atoms with Crippen molar-refractivity contribution in [1.29, 1.82) is 0 Å². The van der Waals surface area contributed by atoms with Crippen LogP contribution in [-0.2, 0) is 21.4 Å². The van der Waals surface area contributed by atoms with Gasteiger partial charge < -0.3 is 24.8 Å². The fourth-order valence-electron chi connectivity index (χ4n) is 12.9. The molecule has 2 aromatic rings. The minimum absolute atomic E-state index is 0.0363. The number of rotatable bonds is 5. The standard InChI is InChI=1S/C45H58N2O5/c1-12-46-32(49)19-24(4)15-17-43(9)30-14-13-25-20-28-27-21-26-29-22-41(5,6)52-42(7,8)35(29)38(50)33(26)34-37(27)47(36(23(2)3)39(34)51)40(28)45(25,11)44(30,10)18-16-31(43)48/h15,17,19,21-22,25,30-31,35-36,38,48,50H,2,12-14,16,18,20H2,1,3-11H3,(H,46,49)/b17-15+,24-19+/t25?,30-,31-,35?,36-,38+,43-,44-,45+/m0/s1. The van der Waals surface area contributed by atoms with Gasteiger partial charge in [-0.15, -0.1) is 0 Å². The normalized spacial score (nSPS) is 38.1.